The summed E-state index contributed by atoms with van der Waals surface area (Å²) in [4.78, 5) is 11.0. The smallest absolute Gasteiger partial charge is 0.316 e. The standard InChI is InChI=1S/C9H11N3OS/c10-8(14)5-6-2-1-3-7(4-6)12-9(11)13/h1-4H,5H2,(H2,10,14)(H3,11,12,13). The Labute approximate surface area is 87.3 Å². The number of hydrogen-bond acceptors (Lipinski definition) is 2. The Morgan fingerprint density at radius 2 is 2.14 bits per heavy atom. The first kappa shape index (κ1) is 10.5. The third kappa shape index (κ3) is 3.40. The van der Waals surface area contributed by atoms with Crippen LogP contribution in [-0.4, -0.2) is 11.0 Å². The lowest BCUT2D eigenvalue weighted by Crippen LogP contribution is -2.19. The maximum atomic E-state index is 10.6. The van der Waals surface area contributed by atoms with Crippen molar-refractivity contribution in [2.24, 2.45) is 11.5 Å². The van der Waals surface area contributed by atoms with Crippen LogP contribution < -0.4 is 16.8 Å². The van der Waals surface area contributed by atoms with Crippen LogP contribution in [0.4, 0.5) is 10.5 Å². The van der Waals surface area contributed by atoms with Gasteiger partial charge in [-0.3, -0.25) is 0 Å². The molecule has 1 aromatic rings. The van der Waals surface area contributed by atoms with Crippen molar-refractivity contribution in [2.45, 2.75) is 6.42 Å². The molecule has 0 saturated heterocycles. The van der Waals surface area contributed by atoms with Crippen LogP contribution in [0.25, 0.3) is 0 Å². The van der Waals surface area contributed by atoms with Gasteiger partial charge in [-0.2, -0.15) is 0 Å². The number of urea groups is 1. The summed E-state index contributed by atoms with van der Waals surface area (Å²) in [7, 11) is 0. The van der Waals surface area contributed by atoms with E-state index in [9.17, 15) is 4.79 Å². The number of anilines is 1. The highest BCUT2D eigenvalue weighted by atomic mass is 32.1. The van der Waals surface area contributed by atoms with E-state index in [1.165, 1.54) is 0 Å². The molecule has 0 fully saturated rings. The van der Waals surface area contributed by atoms with Crippen molar-refractivity contribution in [1.29, 1.82) is 0 Å². The first-order valence-corrected chi connectivity index (χ1v) is 4.42. The molecular weight excluding hydrogens is 198 g/mol. The second-order valence-corrected chi connectivity index (χ2v) is 3.36. The molecule has 1 aromatic carbocycles. The van der Waals surface area contributed by atoms with Gasteiger partial charge in [0.1, 0.15) is 0 Å². The number of carbonyl (C=O) groups is 1. The number of carbonyl (C=O) groups excluding carboxylic acids is 1. The minimum atomic E-state index is -0.586. The average molecular weight is 209 g/mol. The maximum Gasteiger partial charge on any atom is 0.316 e. The Bertz CT molecular complexity index is 334. The molecule has 0 unspecified atom stereocenters. The molecule has 0 atom stereocenters. The molecule has 1 rings (SSSR count). The molecule has 0 heterocycles. The van der Waals surface area contributed by atoms with Gasteiger partial charge in [0.2, 0.25) is 0 Å². The predicted molar refractivity (Wildman–Crippen MR) is 60.1 cm³/mol. The Kier molecular flexibility index (Phi) is 3.41. The highest BCUT2D eigenvalue weighted by Gasteiger charge is 1.99. The minimum Gasteiger partial charge on any atom is -0.393 e. The van der Waals surface area contributed by atoms with E-state index in [-0.39, 0.29) is 0 Å². The Balaban J connectivity index is 2.78. The zero-order valence-corrected chi connectivity index (χ0v) is 8.30. The summed E-state index contributed by atoms with van der Waals surface area (Å²) in [6.45, 7) is 0. The van der Waals surface area contributed by atoms with Crippen molar-refractivity contribution in [3.05, 3.63) is 29.8 Å². The van der Waals surface area contributed by atoms with Crippen molar-refractivity contribution in [3.63, 3.8) is 0 Å². The number of hydrogen-bond donors (Lipinski definition) is 3. The molecule has 14 heavy (non-hydrogen) atoms. The number of rotatable bonds is 3. The van der Waals surface area contributed by atoms with Crippen LogP contribution in [-0.2, 0) is 6.42 Å². The quantitative estimate of drug-likeness (QED) is 0.650. The van der Waals surface area contributed by atoms with Crippen LogP contribution in [0.2, 0.25) is 0 Å². The lowest BCUT2D eigenvalue weighted by atomic mass is 10.1. The normalized spacial score (nSPS) is 9.43. The van der Waals surface area contributed by atoms with Crippen LogP contribution in [0, 0.1) is 0 Å². The van der Waals surface area contributed by atoms with Crippen LogP contribution in [0.1, 0.15) is 5.56 Å². The molecule has 0 spiro atoms. The van der Waals surface area contributed by atoms with Crippen molar-refractivity contribution in [3.8, 4) is 0 Å². The van der Waals surface area contributed by atoms with Gasteiger partial charge in [0, 0.05) is 12.1 Å². The molecule has 0 aliphatic heterocycles. The van der Waals surface area contributed by atoms with E-state index in [0.717, 1.165) is 5.56 Å². The van der Waals surface area contributed by atoms with E-state index in [2.05, 4.69) is 5.32 Å². The van der Waals surface area contributed by atoms with E-state index in [1.807, 2.05) is 6.07 Å². The third-order valence-corrected chi connectivity index (χ3v) is 1.72. The van der Waals surface area contributed by atoms with Crippen molar-refractivity contribution >= 4 is 28.9 Å². The Morgan fingerprint density at radius 1 is 1.43 bits per heavy atom. The fourth-order valence-corrected chi connectivity index (χ4v) is 1.27. The highest BCUT2D eigenvalue weighted by Crippen LogP contribution is 2.10. The molecule has 2 amide bonds. The summed E-state index contributed by atoms with van der Waals surface area (Å²) < 4.78 is 0. The zero-order valence-electron chi connectivity index (χ0n) is 7.49. The zero-order chi connectivity index (χ0) is 10.6. The van der Waals surface area contributed by atoms with Crippen LogP contribution in [0.3, 0.4) is 0 Å². The number of thiocarbonyl (C=S) groups is 1. The van der Waals surface area contributed by atoms with Gasteiger partial charge in [-0.05, 0) is 17.7 Å². The van der Waals surface area contributed by atoms with E-state index in [1.54, 1.807) is 18.2 Å². The third-order valence-electron chi connectivity index (χ3n) is 1.57. The molecule has 4 nitrogen and oxygen atoms in total. The van der Waals surface area contributed by atoms with Crippen molar-refractivity contribution in [1.82, 2.24) is 0 Å². The van der Waals surface area contributed by atoms with E-state index >= 15 is 0 Å². The topological polar surface area (TPSA) is 81.1 Å². The summed E-state index contributed by atoms with van der Waals surface area (Å²) >= 11 is 4.77. The van der Waals surface area contributed by atoms with Gasteiger partial charge in [0.25, 0.3) is 0 Å². The molecule has 0 aromatic heterocycles. The first-order valence-electron chi connectivity index (χ1n) is 4.01. The largest absolute Gasteiger partial charge is 0.393 e. The second kappa shape index (κ2) is 4.57. The SMILES string of the molecule is NC(=O)Nc1cccc(CC(N)=S)c1. The summed E-state index contributed by atoms with van der Waals surface area (Å²) in [5.41, 5.74) is 12.0. The van der Waals surface area contributed by atoms with Gasteiger partial charge in [-0.15, -0.1) is 0 Å². The number of amides is 2. The Hall–Kier alpha value is -1.62. The molecule has 0 bridgehead atoms. The van der Waals surface area contributed by atoms with Crippen molar-refractivity contribution in [2.75, 3.05) is 5.32 Å². The molecule has 0 saturated carbocycles. The fourth-order valence-electron chi connectivity index (χ4n) is 1.10. The monoisotopic (exact) mass is 209 g/mol. The molecule has 0 aliphatic carbocycles. The molecular formula is C9H11N3OS. The maximum absolute atomic E-state index is 10.6. The van der Waals surface area contributed by atoms with E-state index in [4.69, 9.17) is 23.7 Å². The van der Waals surface area contributed by atoms with Crippen LogP contribution >= 0.6 is 12.2 Å². The van der Waals surface area contributed by atoms with Gasteiger partial charge >= 0.3 is 6.03 Å². The summed E-state index contributed by atoms with van der Waals surface area (Å²) in [5.74, 6) is 0. The molecule has 74 valence electrons. The summed E-state index contributed by atoms with van der Waals surface area (Å²) in [6, 6.07) is 6.62. The second-order valence-electron chi connectivity index (χ2n) is 2.83. The van der Waals surface area contributed by atoms with Crippen LogP contribution in [0.15, 0.2) is 24.3 Å². The van der Waals surface area contributed by atoms with Gasteiger partial charge in [-0.25, -0.2) is 4.79 Å². The molecule has 5 N–H and O–H groups in total. The van der Waals surface area contributed by atoms with Gasteiger partial charge in [0.05, 0.1) is 4.99 Å². The molecule has 0 aliphatic rings. The van der Waals surface area contributed by atoms with Gasteiger partial charge in [0.15, 0.2) is 0 Å². The number of nitrogens with two attached hydrogens (primary N) is 2. The average Bonchev–Trinajstić information content (AvgIpc) is 2.01. The lowest BCUT2D eigenvalue weighted by Gasteiger charge is -2.04. The van der Waals surface area contributed by atoms with E-state index in [0.29, 0.717) is 17.1 Å². The summed E-state index contributed by atoms with van der Waals surface area (Å²) in [6.07, 6.45) is 0.517. The highest BCUT2D eigenvalue weighted by molar-refractivity contribution is 7.80. The number of nitrogens with one attached hydrogen (secondary N) is 1. The van der Waals surface area contributed by atoms with Crippen LogP contribution in [0.5, 0.6) is 0 Å². The lowest BCUT2D eigenvalue weighted by molar-refractivity contribution is 0.259. The van der Waals surface area contributed by atoms with E-state index < -0.39 is 6.03 Å². The van der Waals surface area contributed by atoms with Gasteiger partial charge in [-0.1, -0.05) is 24.4 Å². The predicted octanol–water partition coefficient (Wildman–Crippen LogP) is 1.01. The van der Waals surface area contributed by atoms with Crippen molar-refractivity contribution < 1.29 is 4.79 Å². The minimum absolute atomic E-state index is 0.418. The van der Waals surface area contributed by atoms with Gasteiger partial charge < -0.3 is 16.8 Å². The molecule has 0 radical (unpaired) electrons. The number of benzene rings is 1. The number of primary amides is 1. The Morgan fingerprint density at radius 3 is 2.71 bits per heavy atom. The first-order chi connectivity index (χ1) is 6.58. The molecule has 5 heteroatoms. The fraction of sp³-hybridized carbons (Fsp3) is 0.111. The summed E-state index contributed by atoms with van der Waals surface area (Å²) in [5, 5.41) is 2.47.